The molecule has 3 atom stereocenters. The van der Waals surface area contributed by atoms with E-state index in [4.69, 9.17) is 9.88 Å². The van der Waals surface area contributed by atoms with Gasteiger partial charge in [0.2, 0.25) is 0 Å². The van der Waals surface area contributed by atoms with Crippen molar-refractivity contribution >= 4 is 27.1 Å². The number of nitrogens with two attached hydrogens (primary N) is 1. The third kappa shape index (κ3) is 4.79. The van der Waals surface area contributed by atoms with Crippen molar-refractivity contribution in [1.29, 1.82) is 0 Å². The Morgan fingerprint density at radius 2 is 2.06 bits per heavy atom. The van der Waals surface area contributed by atoms with E-state index in [0.717, 1.165) is 22.3 Å². The molecule has 2 aromatic heterocycles. The van der Waals surface area contributed by atoms with Gasteiger partial charge in [-0.05, 0) is 25.0 Å². The number of fused-ring (bicyclic) bond motifs is 1. The Morgan fingerprint density at radius 1 is 1.26 bits per heavy atom. The monoisotopic (exact) mass is 446 g/mol. The number of hydrogen-bond donors (Lipinski definition) is 4. The topological polar surface area (TPSA) is 144 Å². The van der Waals surface area contributed by atoms with Crippen LogP contribution in [0.3, 0.4) is 0 Å². The first-order chi connectivity index (χ1) is 14.9. The minimum absolute atomic E-state index is 0.00301. The van der Waals surface area contributed by atoms with Crippen molar-refractivity contribution in [2.24, 2.45) is 11.1 Å². The van der Waals surface area contributed by atoms with Gasteiger partial charge in [0.05, 0.1) is 18.6 Å². The summed E-state index contributed by atoms with van der Waals surface area (Å²) in [5.74, 6) is 1.29. The van der Waals surface area contributed by atoms with Crippen LogP contribution in [0.25, 0.3) is 11.0 Å². The fraction of sp³-hybridized carbons (Fsp3) is 0.400. The molecule has 11 heteroatoms. The van der Waals surface area contributed by atoms with E-state index in [0.29, 0.717) is 25.2 Å². The number of ether oxygens (including phenoxy) is 1. The molecule has 1 aromatic carbocycles. The summed E-state index contributed by atoms with van der Waals surface area (Å²) in [5.41, 5.74) is 1.77. The predicted octanol–water partition coefficient (Wildman–Crippen LogP) is 1.16. The van der Waals surface area contributed by atoms with Crippen LogP contribution < -0.4 is 19.9 Å². The van der Waals surface area contributed by atoms with Crippen molar-refractivity contribution in [2.75, 3.05) is 19.0 Å². The van der Waals surface area contributed by atoms with Crippen molar-refractivity contribution < 1.29 is 18.3 Å². The molecule has 0 unspecified atom stereocenters. The second-order valence-corrected chi connectivity index (χ2v) is 9.07. The quantitative estimate of drug-likeness (QED) is 0.406. The molecule has 0 bridgehead atoms. The number of nitrogens with zero attached hydrogens (tertiary/aromatic N) is 3. The zero-order chi connectivity index (χ0) is 22.0. The summed E-state index contributed by atoms with van der Waals surface area (Å²) in [6.07, 6.45) is 3.94. The number of anilines is 1. The molecule has 1 aliphatic rings. The standard InChI is InChI=1S/C20H26N6O4S/c1-30-18-5-3-2-4-13(18)10-22-19-16-6-7-26(20(16)24-12-23-19)15-8-14(17(27)9-15)11-25-31(21,28)29/h2-7,12,14-15,17,25,27H,8-11H2,1H3,(H2,21,28,29)(H,22,23,24)/t14-,15+,17-/m0/s1. The van der Waals surface area contributed by atoms with Gasteiger partial charge in [0.25, 0.3) is 10.2 Å². The fourth-order valence-corrected chi connectivity index (χ4v) is 4.62. The van der Waals surface area contributed by atoms with E-state index in [1.807, 2.05) is 41.1 Å². The first kappa shape index (κ1) is 21.5. The molecule has 31 heavy (non-hydrogen) atoms. The Kier molecular flexibility index (Phi) is 6.10. The molecule has 0 amide bonds. The van der Waals surface area contributed by atoms with E-state index in [-0.39, 0.29) is 18.5 Å². The largest absolute Gasteiger partial charge is 0.496 e. The number of aliphatic hydroxyl groups is 1. The van der Waals surface area contributed by atoms with Crippen molar-refractivity contribution in [2.45, 2.75) is 31.5 Å². The summed E-state index contributed by atoms with van der Waals surface area (Å²) in [6.45, 7) is 0.654. The van der Waals surface area contributed by atoms with Crippen molar-refractivity contribution in [3.8, 4) is 5.75 Å². The third-order valence-corrected chi connectivity index (χ3v) is 6.29. The molecule has 1 fully saturated rings. The van der Waals surface area contributed by atoms with Crippen LogP contribution in [0.2, 0.25) is 0 Å². The summed E-state index contributed by atoms with van der Waals surface area (Å²) in [6, 6.07) is 9.73. The van der Waals surface area contributed by atoms with E-state index in [1.54, 1.807) is 7.11 Å². The molecule has 0 radical (unpaired) electrons. The molecule has 1 aliphatic carbocycles. The number of para-hydroxylation sites is 1. The number of aliphatic hydroxyl groups excluding tert-OH is 1. The minimum Gasteiger partial charge on any atom is -0.496 e. The second-order valence-electron chi connectivity index (χ2n) is 7.69. The number of aromatic nitrogens is 3. The molecule has 1 saturated carbocycles. The SMILES string of the molecule is COc1ccccc1CNc1ncnc2c1ccn2[C@@H]1C[C@@H](CNS(N)(=O)=O)[C@@H](O)C1. The highest BCUT2D eigenvalue weighted by Gasteiger charge is 2.35. The Bertz CT molecular complexity index is 1170. The highest BCUT2D eigenvalue weighted by Crippen LogP contribution is 2.37. The molecule has 166 valence electrons. The zero-order valence-electron chi connectivity index (χ0n) is 17.1. The first-order valence-electron chi connectivity index (χ1n) is 9.98. The van der Waals surface area contributed by atoms with Gasteiger partial charge in [-0.3, -0.25) is 0 Å². The van der Waals surface area contributed by atoms with Crippen LogP contribution in [-0.2, 0) is 16.8 Å². The lowest BCUT2D eigenvalue weighted by Crippen LogP contribution is -2.36. The van der Waals surface area contributed by atoms with Gasteiger partial charge in [-0.1, -0.05) is 18.2 Å². The van der Waals surface area contributed by atoms with Gasteiger partial charge in [-0.25, -0.2) is 19.8 Å². The highest BCUT2D eigenvalue weighted by molar-refractivity contribution is 7.87. The maximum absolute atomic E-state index is 11.2. The Labute approximate surface area is 180 Å². The van der Waals surface area contributed by atoms with Crippen LogP contribution in [-0.4, -0.2) is 47.8 Å². The average Bonchev–Trinajstić information content (AvgIpc) is 3.34. The normalized spacial score (nSPS) is 21.5. The smallest absolute Gasteiger partial charge is 0.274 e. The Morgan fingerprint density at radius 3 is 2.84 bits per heavy atom. The van der Waals surface area contributed by atoms with Crippen LogP contribution in [0, 0.1) is 5.92 Å². The molecule has 4 rings (SSSR count). The van der Waals surface area contributed by atoms with Gasteiger partial charge in [-0.2, -0.15) is 8.42 Å². The molecule has 0 saturated heterocycles. The van der Waals surface area contributed by atoms with Gasteiger partial charge in [-0.15, -0.1) is 0 Å². The number of hydrogen-bond acceptors (Lipinski definition) is 7. The van der Waals surface area contributed by atoms with E-state index >= 15 is 0 Å². The zero-order valence-corrected chi connectivity index (χ0v) is 17.9. The Hall–Kier alpha value is -2.73. The van der Waals surface area contributed by atoms with E-state index in [1.165, 1.54) is 6.33 Å². The molecule has 2 heterocycles. The van der Waals surface area contributed by atoms with Crippen molar-refractivity contribution in [3.05, 3.63) is 48.4 Å². The van der Waals surface area contributed by atoms with E-state index in [2.05, 4.69) is 20.0 Å². The Balaban J connectivity index is 1.51. The number of methoxy groups -OCH3 is 1. The molecule has 5 N–H and O–H groups in total. The highest BCUT2D eigenvalue weighted by atomic mass is 32.2. The maximum Gasteiger partial charge on any atom is 0.274 e. The molecule has 3 aromatic rings. The van der Waals surface area contributed by atoms with Gasteiger partial charge in [0, 0.05) is 36.8 Å². The molecule has 0 aliphatic heterocycles. The van der Waals surface area contributed by atoms with Crippen LogP contribution in [0.4, 0.5) is 5.82 Å². The van der Waals surface area contributed by atoms with Gasteiger partial charge < -0.3 is 19.7 Å². The van der Waals surface area contributed by atoms with E-state index in [9.17, 15) is 13.5 Å². The van der Waals surface area contributed by atoms with Crippen molar-refractivity contribution in [1.82, 2.24) is 19.3 Å². The lowest BCUT2D eigenvalue weighted by Gasteiger charge is -2.15. The second kappa shape index (κ2) is 8.79. The summed E-state index contributed by atoms with van der Waals surface area (Å²) in [7, 11) is -2.14. The van der Waals surface area contributed by atoms with Gasteiger partial charge in [0.15, 0.2) is 0 Å². The molecule has 0 spiro atoms. The molecular weight excluding hydrogens is 420 g/mol. The van der Waals surface area contributed by atoms with Gasteiger partial charge in [0.1, 0.15) is 23.5 Å². The van der Waals surface area contributed by atoms with Crippen molar-refractivity contribution in [3.63, 3.8) is 0 Å². The summed E-state index contributed by atoms with van der Waals surface area (Å²) < 4.78 is 32.0. The summed E-state index contributed by atoms with van der Waals surface area (Å²) in [4.78, 5) is 8.83. The maximum atomic E-state index is 11.2. The van der Waals surface area contributed by atoms with Crippen LogP contribution in [0.15, 0.2) is 42.9 Å². The van der Waals surface area contributed by atoms with Crippen LogP contribution in [0.5, 0.6) is 5.75 Å². The van der Waals surface area contributed by atoms with Gasteiger partial charge >= 0.3 is 0 Å². The molecular formula is C20H26N6O4S. The van der Waals surface area contributed by atoms with Crippen LogP contribution in [0.1, 0.15) is 24.4 Å². The minimum atomic E-state index is -3.79. The lowest BCUT2D eigenvalue weighted by molar-refractivity contribution is 0.133. The average molecular weight is 447 g/mol. The summed E-state index contributed by atoms with van der Waals surface area (Å²) in [5, 5.41) is 19.6. The van der Waals surface area contributed by atoms with E-state index < -0.39 is 16.3 Å². The first-order valence-corrected chi connectivity index (χ1v) is 11.5. The number of rotatable bonds is 8. The summed E-state index contributed by atoms with van der Waals surface area (Å²) >= 11 is 0. The predicted molar refractivity (Wildman–Crippen MR) is 117 cm³/mol. The molecule has 10 nitrogen and oxygen atoms in total. The third-order valence-electron chi connectivity index (χ3n) is 5.72. The lowest BCUT2D eigenvalue weighted by atomic mass is 10.1. The number of benzene rings is 1. The van der Waals surface area contributed by atoms with Crippen LogP contribution >= 0.6 is 0 Å². The fourth-order valence-electron chi connectivity index (χ4n) is 4.18. The number of nitrogens with one attached hydrogen (secondary N) is 2.